The summed E-state index contributed by atoms with van der Waals surface area (Å²) in [6.45, 7) is 11.5. The fraction of sp³-hybridized carbons (Fsp3) is 0.722. The zero-order chi connectivity index (χ0) is 17.0. The molecule has 0 spiro atoms. The third-order valence-corrected chi connectivity index (χ3v) is 4.30. The van der Waals surface area contributed by atoms with Gasteiger partial charge in [-0.1, -0.05) is 0 Å². The van der Waals surface area contributed by atoms with E-state index in [1.54, 1.807) is 6.26 Å². The van der Waals surface area contributed by atoms with Crippen LogP contribution in [0, 0.1) is 5.92 Å². The molecule has 1 aliphatic heterocycles. The summed E-state index contributed by atoms with van der Waals surface area (Å²) in [5.74, 6) is 1.37. The number of rotatable bonds is 4. The number of amides is 1. The van der Waals surface area contributed by atoms with Crippen LogP contribution in [-0.2, 0) is 4.74 Å². The predicted molar refractivity (Wildman–Crippen MR) is 90.3 cm³/mol. The van der Waals surface area contributed by atoms with Crippen molar-refractivity contribution < 1.29 is 13.9 Å². The molecule has 5 nitrogen and oxygen atoms in total. The third-order valence-electron chi connectivity index (χ3n) is 4.30. The van der Waals surface area contributed by atoms with Crippen LogP contribution in [-0.4, -0.2) is 35.7 Å². The summed E-state index contributed by atoms with van der Waals surface area (Å²) >= 11 is 0. The van der Waals surface area contributed by atoms with Crippen molar-refractivity contribution in [3.8, 4) is 0 Å². The van der Waals surface area contributed by atoms with E-state index in [2.05, 4.69) is 19.2 Å². The van der Waals surface area contributed by atoms with Gasteiger partial charge in [0.05, 0.1) is 12.3 Å². The molecule has 1 fully saturated rings. The predicted octanol–water partition coefficient (Wildman–Crippen LogP) is 3.97. The third kappa shape index (κ3) is 5.27. The largest absolute Gasteiger partial charge is 0.468 e. The first kappa shape index (κ1) is 17.9. The Bertz CT molecular complexity index is 493. The number of ether oxygens (including phenoxy) is 1. The molecular formula is C18H30N2O3. The molecule has 0 aliphatic carbocycles. The first-order valence-electron chi connectivity index (χ1n) is 8.53. The minimum atomic E-state index is -0.443. The van der Waals surface area contributed by atoms with Crippen LogP contribution >= 0.6 is 0 Å². The number of furan rings is 1. The fourth-order valence-electron chi connectivity index (χ4n) is 3.06. The highest BCUT2D eigenvalue weighted by atomic mass is 16.6. The summed E-state index contributed by atoms with van der Waals surface area (Å²) < 4.78 is 10.9. The van der Waals surface area contributed by atoms with E-state index in [4.69, 9.17) is 9.15 Å². The Balaban J connectivity index is 1.88. The highest BCUT2D eigenvalue weighted by Crippen LogP contribution is 2.24. The highest BCUT2D eigenvalue weighted by molar-refractivity contribution is 5.68. The van der Waals surface area contributed by atoms with Crippen LogP contribution in [0.3, 0.4) is 0 Å². The molecule has 2 unspecified atom stereocenters. The molecule has 3 atom stereocenters. The van der Waals surface area contributed by atoms with Gasteiger partial charge in [0.2, 0.25) is 0 Å². The topological polar surface area (TPSA) is 54.7 Å². The summed E-state index contributed by atoms with van der Waals surface area (Å²) in [6.07, 6.45) is 3.64. The van der Waals surface area contributed by atoms with Crippen LogP contribution in [0.1, 0.15) is 59.3 Å². The van der Waals surface area contributed by atoms with Gasteiger partial charge in [0.25, 0.3) is 0 Å². The van der Waals surface area contributed by atoms with Crippen molar-refractivity contribution >= 4 is 6.09 Å². The van der Waals surface area contributed by atoms with Crippen molar-refractivity contribution in [1.29, 1.82) is 0 Å². The Kier molecular flexibility index (Phi) is 5.74. The summed E-state index contributed by atoms with van der Waals surface area (Å²) in [5, 5.41) is 3.59. The number of likely N-dealkylation sites (tertiary alicyclic amines) is 1. The normalized spacial score (nSPS) is 21.8. The van der Waals surface area contributed by atoms with Crippen molar-refractivity contribution in [3.05, 3.63) is 24.2 Å². The molecule has 1 aliphatic rings. The quantitative estimate of drug-likeness (QED) is 0.911. The van der Waals surface area contributed by atoms with Crippen LogP contribution in [0.5, 0.6) is 0 Å². The van der Waals surface area contributed by atoms with Crippen LogP contribution in [0.4, 0.5) is 4.79 Å². The summed E-state index contributed by atoms with van der Waals surface area (Å²) in [4.78, 5) is 14.1. The number of nitrogens with one attached hydrogen (secondary N) is 1. The zero-order valence-electron chi connectivity index (χ0n) is 15.0. The lowest BCUT2D eigenvalue weighted by atomic mass is 9.91. The summed E-state index contributed by atoms with van der Waals surface area (Å²) in [6, 6.07) is 4.36. The van der Waals surface area contributed by atoms with Crippen LogP contribution in [0.15, 0.2) is 22.8 Å². The molecule has 23 heavy (non-hydrogen) atoms. The molecule has 5 heteroatoms. The zero-order valence-corrected chi connectivity index (χ0v) is 15.0. The average molecular weight is 322 g/mol. The van der Waals surface area contributed by atoms with Gasteiger partial charge in [0.15, 0.2) is 0 Å². The van der Waals surface area contributed by atoms with Crippen LogP contribution in [0.2, 0.25) is 0 Å². The first-order chi connectivity index (χ1) is 10.8. The molecule has 1 amide bonds. The van der Waals surface area contributed by atoms with Crippen molar-refractivity contribution in [3.63, 3.8) is 0 Å². The smallest absolute Gasteiger partial charge is 0.410 e. The Morgan fingerprint density at radius 1 is 1.43 bits per heavy atom. The minimum Gasteiger partial charge on any atom is -0.468 e. The van der Waals surface area contributed by atoms with Crippen LogP contribution in [0.25, 0.3) is 0 Å². The molecule has 0 saturated carbocycles. The first-order valence-corrected chi connectivity index (χ1v) is 8.53. The molecule has 2 heterocycles. The molecule has 1 aromatic heterocycles. The van der Waals surface area contributed by atoms with Gasteiger partial charge < -0.3 is 19.4 Å². The number of carbonyl (C=O) groups excluding carboxylic acids is 1. The second-order valence-electron chi connectivity index (χ2n) is 7.52. The minimum absolute atomic E-state index is 0.164. The van der Waals surface area contributed by atoms with Crippen molar-refractivity contribution in [2.45, 2.75) is 65.1 Å². The number of nitrogens with zero attached hydrogens (tertiary/aromatic N) is 1. The number of hydrogen-bond acceptors (Lipinski definition) is 4. The SMILES string of the molecule is CC(N[C@@H](C)c1ccco1)C1CCCN(C(=O)OC(C)(C)C)C1. The molecule has 1 N–H and O–H groups in total. The van der Waals surface area contributed by atoms with E-state index in [0.717, 1.165) is 31.7 Å². The van der Waals surface area contributed by atoms with E-state index in [1.165, 1.54) is 0 Å². The van der Waals surface area contributed by atoms with Gasteiger partial charge in [-0.3, -0.25) is 0 Å². The van der Waals surface area contributed by atoms with E-state index in [-0.39, 0.29) is 12.1 Å². The molecule has 0 bridgehead atoms. The Hall–Kier alpha value is -1.49. The van der Waals surface area contributed by atoms with Crippen molar-refractivity contribution in [2.24, 2.45) is 5.92 Å². The van der Waals surface area contributed by atoms with E-state index in [0.29, 0.717) is 12.0 Å². The fourth-order valence-corrected chi connectivity index (χ4v) is 3.06. The van der Waals surface area contributed by atoms with Gasteiger partial charge in [0, 0.05) is 19.1 Å². The molecular weight excluding hydrogens is 292 g/mol. The van der Waals surface area contributed by atoms with Crippen molar-refractivity contribution in [1.82, 2.24) is 10.2 Å². The molecule has 1 aromatic rings. The molecule has 0 radical (unpaired) electrons. The maximum absolute atomic E-state index is 12.3. The van der Waals surface area contributed by atoms with Gasteiger partial charge in [0.1, 0.15) is 11.4 Å². The van der Waals surface area contributed by atoms with Gasteiger partial charge >= 0.3 is 6.09 Å². The van der Waals surface area contributed by atoms with Gasteiger partial charge in [-0.2, -0.15) is 0 Å². The number of hydrogen-bond donors (Lipinski definition) is 1. The molecule has 130 valence electrons. The van der Waals surface area contributed by atoms with E-state index < -0.39 is 5.60 Å². The second-order valence-corrected chi connectivity index (χ2v) is 7.52. The maximum atomic E-state index is 12.3. The van der Waals surface area contributed by atoms with Gasteiger partial charge in [-0.25, -0.2) is 4.79 Å². The Morgan fingerprint density at radius 3 is 2.78 bits per heavy atom. The average Bonchev–Trinajstić information content (AvgIpc) is 3.00. The molecule has 0 aromatic carbocycles. The van der Waals surface area contributed by atoms with Gasteiger partial charge in [-0.15, -0.1) is 0 Å². The standard InChI is InChI=1S/C18H30N2O3/c1-13(19-14(2)16-9-7-11-22-16)15-8-6-10-20(12-15)17(21)23-18(3,4)5/h7,9,11,13-15,19H,6,8,10,12H2,1-5H3/t13?,14-,15?/m0/s1. The number of piperidine rings is 1. The van der Waals surface area contributed by atoms with E-state index in [9.17, 15) is 4.79 Å². The molecule has 2 rings (SSSR count). The Labute approximate surface area is 139 Å². The van der Waals surface area contributed by atoms with Crippen LogP contribution < -0.4 is 5.32 Å². The summed E-state index contributed by atoms with van der Waals surface area (Å²) in [5.41, 5.74) is -0.443. The lowest BCUT2D eigenvalue weighted by Crippen LogP contribution is -2.48. The Morgan fingerprint density at radius 2 is 2.17 bits per heavy atom. The van der Waals surface area contributed by atoms with E-state index >= 15 is 0 Å². The summed E-state index contributed by atoms with van der Waals surface area (Å²) in [7, 11) is 0. The van der Waals surface area contributed by atoms with Gasteiger partial charge in [-0.05, 0) is 65.5 Å². The lowest BCUT2D eigenvalue weighted by molar-refractivity contribution is 0.0146. The number of carbonyl (C=O) groups is 1. The maximum Gasteiger partial charge on any atom is 0.410 e. The highest BCUT2D eigenvalue weighted by Gasteiger charge is 2.30. The monoisotopic (exact) mass is 322 g/mol. The van der Waals surface area contributed by atoms with Crippen molar-refractivity contribution in [2.75, 3.05) is 13.1 Å². The lowest BCUT2D eigenvalue weighted by Gasteiger charge is -2.37. The van der Waals surface area contributed by atoms with E-state index in [1.807, 2.05) is 37.8 Å². The second kappa shape index (κ2) is 7.39. The molecule has 1 saturated heterocycles.